The maximum Gasteiger partial charge on any atom is 0.128 e. The van der Waals surface area contributed by atoms with Crippen molar-refractivity contribution < 1.29 is 0 Å². The molecule has 0 radical (unpaired) electrons. The maximum atomic E-state index is 4.46. The van der Waals surface area contributed by atoms with Gasteiger partial charge in [-0.3, -0.25) is 0 Å². The Morgan fingerprint density at radius 3 is 2.89 bits per heavy atom. The molecule has 0 amide bonds. The smallest absolute Gasteiger partial charge is 0.128 e. The Balaban J connectivity index is 1.87. The van der Waals surface area contributed by atoms with Gasteiger partial charge in [0.1, 0.15) is 5.82 Å². The molecule has 1 aliphatic rings. The van der Waals surface area contributed by atoms with E-state index in [1.807, 2.05) is 6.20 Å². The Labute approximate surface area is 111 Å². The number of nitrogens with one attached hydrogen (secondary N) is 1. The van der Waals surface area contributed by atoms with Gasteiger partial charge in [0.25, 0.3) is 0 Å². The molecule has 0 aliphatic heterocycles. The molecule has 1 aliphatic carbocycles. The van der Waals surface area contributed by atoms with E-state index < -0.39 is 0 Å². The molecule has 1 saturated carbocycles. The highest BCUT2D eigenvalue weighted by molar-refractivity contribution is 5.40. The lowest BCUT2D eigenvalue weighted by atomic mass is 10.2. The molecule has 0 spiro atoms. The van der Waals surface area contributed by atoms with E-state index in [1.54, 1.807) is 0 Å². The summed E-state index contributed by atoms with van der Waals surface area (Å²) in [6, 6.07) is 4.30. The fourth-order valence-electron chi connectivity index (χ4n) is 2.07. The third-order valence-electron chi connectivity index (χ3n) is 3.31. The third-order valence-corrected chi connectivity index (χ3v) is 3.31. The van der Waals surface area contributed by atoms with E-state index in [9.17, 15) is 0 Å². The summed E-state index contributed by atoms with van der Waals surface area (Å²) in [5, 5.41) is 3.47. The first kappa shape index (κ1) is 13.3. The molecule has 1 aromatic heterocycles. The van der Waals surface area contributed by atoms with E-state index >= 15 is 0 Å². The zero-order valence-corrected chi connectivity index (χ0v) is 11.8. The lowest BCUT2D eigenvalue weighted by molar-refractivity contribution is 0.552. The van der Waals surface area contributed by atoms with Gasteiger partial charge in [-0.25, -0.2) is 4.98 Å². The summed E-state index contributed by atoms with van der Waals surface area (Å²) >= 11 is 0. The highest BCUT2D eigenvalue weighted by atomic mass is 15.2. The highest BCUT2D eigenvalue weighted by Crippen LogP contribution is 2.30. The standard InChI is InChI=1S/C15H25N3/c1-12(2)9-16-10-14-6-7-17-15(8-14)18(3)11-13-4-5-13/h6-8,12-13,16H,4-5,9-11H2,1-3H3. The maximum absolute atomic E-state index is 4.46. The summed E-state index contributed by atoms with van der Waals surface area (Å²) in [5.41, 5.74) is 1.32. The minimum absolute atomic E-state index is 0.698. The quantitative estimate of drug-likeness (QED) is 0.803. The summed E-state index contributed by atoms with van der Waals surface area (Å²) in [4.78, 5) is 6.74. The van der Waals surface area contributed by atoms with Gasteiger partial charge in [-0.1, -0.05) is 13.8 Å². The number of nitrogens with zero attached hydrogens (tertiary/aromatic N) is 2. The Morgan fingerprint density at radius 1 is 1.44 bits per heavy atom. The predicted molar refractivity (Wildman–Crippen MR) is 76.8 cm³/mol. The molecule has 0 unspecified atom stereocenters. The first-order valence-corrected chi connectivity index (χ1v) is 7.02. The van der Waals surface area contributed by atoms with Gasteiger partial charge in [0.05, 0.1) is 0 Å². The second-order valence-electron chi connectivity index (χ2n) is 5.87. The van der Waals surface area contributed by atoms with Crippen LogP contribution in [0.25, 0.3) is 0 Å². The molecule has 1 heterocycles. The molecule has 100 valence electrons. The van der Waals surface area contributed by atoms with E-state index in [1.165, 1.54) is 18.4 Å². The Bertz CT molecular complexity index is 372. The number of anilines is 1. The van der Waals surface area contributed by atoms with Crippen molar-refractivity contribution in [2.24, 2.45) is 11.8 Å². The molecule has 18 heavy (non-hydrogen) atoms. The molecule has 2 rings (SSSR count). The van der Waals surface area contributed by atoms with Crippen LogP contribution < -0.4 is 10.2 Å². The number of hydrogen-bond acceptors (Lipinski definition) is 3. The third kappa shape index (κ3) is 4.30. The fraction of sp³-hybridized carbons (Fsp3) is 0.667. The molecule has 3 nitrogen and oxygen atoms in total. The van der Waals surface area contributed by atoms with Crippen LogP contribution in [0.2, 0.25) is 0 Å². The molecule has 0 saturated heterocycles. The molecule has 1 N–H and O–H groups in total. The van der Waals surface area contributed by atoms with Gasteiger partial charge in [0, 0.05) is 26.3 Å². The minimum Gasteiger partial charge on any atom is -0.359 e. The van der Waals surface area contributed by atoms with Crippen molar-refractivity contribution in [2.45, 2.75) is 33.2 Å². The van der Waals surface area contributed by atoms with E-state index in [0.29, 0.717) is 5.92 Å². The molecular weight excluding hydrogens is 222 g/mol. The van der Waals surface area contributed by atoms with Crippen LogP contribution in [0.1, 0.15) is 32.3 Å². The second kappa shape index (κ2) is 6.19. The van der Waals surface area contributed by atoms with Crippen molar-refractivity contribution in [2.75, 3.05) is 25.0 Å². The van der Waals surface area contributed by atoms with E-state index in [4.69, 9.17) is 0 Å². The average molecular weight is 247 g/mol. The van der Waals surface area contributed by atoms with Crippen LogP contribution in [0.5, 0.6) is 0 Å². The van der Waals surface area contributed by atoms with E-state index in [-0.39, 0.29) is 0 Å². The molecule has 3 heteroatoms. The van der Waals surface area contributed by atoms with E-state index in [2.05, 4.69) is 48.2 Å². The van der Waals surface area contributed by atoms with Crippen molar-refractivity contribution in [3.8, 4) is 0 Å². The predicted octanol–water partition coefficient (Wildman–Crippen LogP) is 2.67. The first-order chi connectivity index (χ1) is 8.65. The summed E-state index contributed by atoms with van der Waals surface area (Å²) in [6.07, 6.45) is 4.70. The average Bonchev–Trinajstić information content (AvgIpc) is 3.13. The SMILES string of the molecule is CC(C)CNCc1ccnc(N(C)CC2CC2)c1. The van der Waals surface area contributed by atoms with Crippen LogP contribution in [-0.2, 0) is 6.54 Å². The van der Waals surface area contributed by atoms with Gasteiger partial charge in [0.2, 0.25) is 0 Å². The minimum atomic E-state index is 0.698. The summed E-state index contributed by atoms with van der Waals surface area (Å²) < 4.78 is 0. The Kier molecular flexibility index (Phi) is 4.59. The molecular formula is C15H25N3. The number of hydrogen-bond donors (Lipinski definition) is 1. The Morgan fingerprint density at radius 2 is 2.22 bits per heavy atom. The summed E-state index contributed by atoms with van der Waals surface area (Å²) in [7, 11) is 2.14. The van der Waals surface area contributed by atoms with Crippen molar-refractivity contribution >= 4 is 5.82 Å². The molecule has 0 aromatic carbocycles. The monoisotopic (exact) mass is 247 g/mol. The molecule has 1 aromatic rings. The number of aromatic nitrogens is 1. The van der Waals surface area contributed by atoms with Crippen LogP contribution in [0, 0.1) is 11.8 Å². The number of pyridine rings is 1. The van der Waals surface area contributed by atoms with Crippen molar-refractivity contribution in [3.63, 3.8) is 0 Å². The topological polar surface area (TPSA) is 28.2 Å². The lowest BCUT2D eigenvalue weighted by Crippen LogP contribution is -2.22. The summed E-state index contributed by atoms with van der Waals surface area (Å²) in [6.45, 7) is 7.61. The normalized spacial score (nSPS) is 15.1. The molecule has 1 fully saturated rings. The molecule has 0 bridgehead atoms. The van der Waals surface area contributed by atoms with Crippen molar-refractivity contribution in [1.82, 2.24) is 10.3 Å². The Hall–Kier alpha value is -1.09. The number of rotatable bonds is 7. The summed E-state index contributed by atoms with van der Waals surface area (Å²) in [5.74, 6) is 2.70. The first-order valence-electron chi connectivity index (χ1n) is 7.02. The van der Waals surface area contributed by atoms with E-state index in [0.717, 1.165) is 31.4 Å². The van der Waals surface area contributed by atoms with Crippen LogP contribution in [0.3, 0.4) is 0 Å². The van der Waals surface area contributed by atoms with Gasteiger partial charge in [-0.2, -0.15) is 0 Å². The fourth-order valence-corrected chi connectivity index (χ4v) is 2.07. The highest BCUT2D eigenvalue weighted by Gasteiger charge is 2.23. The molecule has 0 atom stereocenters. The zero-order chi connectivity index (χ0) is 13.0. The van der Waals surface area contributed by atoms with Crippen LogP contribution in [0.4, 0.5) is 5.82 Å². The van der Waals surface area contributed by atoms with Crippen LogP contribution in [0.15, 0.2) is 18.3 Å². The van der Waals surface area contributed by atoms with Gasteiger partial charge < -0.3 is 10.2 Å². The largest absolute Gasteiger partial charge is 0.359 e. The van der Waals surface area contributed by atoms with Crippen molar-refractivity contribution in [3.05, 3.63) is 23.9 Å². The van der Waals surface area contributed by atoms with Gasteiger partial charge in [0.15, 0.2) is 0 Å². The van der Waals surface area contributed by atoms with Gasteiger partial charge >= 0.3 is 0 Å². The van der Waals surface area contributed by atoms with Gasteiger partial charge in [-0.05, 0) is 48.9 Å². The van der Waals surface area contributed by atoms with Crippen molar-refractivity contribution in [1.29, 1.82) is 0 Å². The zero-order valence-electron chi connectivity index (χ0n) is 11.8. The van der Waals surface area contributed by atoms with Crippen LogP contribution in [-0.4, -0.2) is 25.1 Å². The van der Waals surface area contributed by atoms with Gasteiger partial charge in [-0.15, -0.1) is 0 Å². The van der Waals surface area contributed by atoms with Crippen LogP contribution >= 0.6 is 0 Å². The lowest BCUT2D eigenvalue weighted by Gasteiger charge is -2.18. The second-order valence-corrected chi connectivity index (χ2v) is 5.87.